The molecule has 0 spiro atoms. The molecule has 0 atom stereocenters. The van der Waals surface area contributed by atoms with Crippen molar-refractivity contribution in [2.24, 2.45) is 0 Å². The van der Waals surface area contributed by atoms with E-state index in [9.17, 15) is 0 Å². The van der Waals surface area contributed by atoms with Gasteiger partial charge in [0, 0.05) is 13.1 Å². The molecule has 0 radical (unpaired) electrons. The van der Waals surface area contributed by atoms with Gasteiger partial charge in [-0.05, 0) is 45.1 Å². The molecule has 15 heavy (non-hydrogen) atoms. The summed E-state index contributed by atoms with van der Waals surface area (Å²) in [4.78, 5) is 2.14. The monoisotopic (exact) mass is 226 g/mol. The van der Waals surface area contributed by atoms with Crippen molar-refractivity contribution in [3.8, 4) is 0 Å². The first-order chi connectivity index (χ1) is 7.00. The van der Waals surface area contributed by atoms with Gasteiger partial charge in [-0.15, -0.1) is 0 Å². The number of anilines is 1. The van der Waals surface area contributed by atoms with E-state index in [-0.39, 0.29) is 0 Å². The van der Waals surface area contributed by atoms with Crippen LogP contribution in [0, 0.1) is 13.8 Å². The summed E-state index contributed by atoms with van der Waals surface area (Å²) in [6.07, 6.45) is 0. The Morgan fingerprint density at radius 2 is 1.93 bits per heavy atom. The molecule has 0 aliphatic heterocycles. The van der Waals surface area contributed by atoms with Crippen LogP contribution in [0.15, 0.2) is 12.1 Å². The van der Waals surface area contributed by atoms with Crippen LogP contribution in [0.25, 0.3) is 0 Å². The molecule has 0 aliphatic rings. The second-order valence-electron chi connectivity index (χ2n) is 4.17. The van der Waals surface area contributed by atoms with Crippen LogP contribution in [0.2, 0.25) is 5.02 Å². The van der Waals surface area contributed by atoms with Gasteiger partial charge >= 0.3 is 0 Å². The number of hydrogen-bond donors (Lipinski definition) is 1. The lowest BCUT2D eigenvalue weighted by Crippen LogP contribution is -2.21. The van der Waals surface area contributed by atoms with E-state index in [4.69, 9.17) is 11.6 Å². The molecular formula is C12H19ClN2. The molecule has 0 amide bonds. The van der Waals surface area contributed by atoms with Crippen LogP contribution in [0.5, 0.6) is 0 Å². The van der Waals surface area contributed by atoms with E-state index >= 15 is 0 Å². The van der Waals surface area contributed by atoms with E-state index in [0.717, 1.165) is 23.8 Å². The van der Waals surface area contributed by atoms with Crippen molar-refractivity contribution in [3.05, 3.63) is 28.3 Å². The van der Waals surface area contributed by atoms with Gasteiger partial charge < -0.3 is 10.2 Å². The Morgan fingerprint density at radius 3 is 2.47 bits per heavy atom. The third-order valence-electron chi connectivity index (χ3n) is 2.29. The van der Waals surface area contributed by atoms with E-state index in [2.05, 4.69) is 44.2 Å². The fourth-order valence-electron chi connectivity index (χ4n) is 1.54. The van der Waals surface area contributed by atoms with Crippen LogP contribution in [-0.2, 0) is 0 Å². The zero-order valence-corrected chi connectivity index (χ0v) is 10.7. The number of aryl methyl sites for hydroxylation is 2. The lowest BCUT2D eigenvalue weighted by Gasteiger charge is -2.15. The summed E-state index contributed by atoms with van der Waals surface area (Å²) in [7, 11) is 4.12. The van der Waals surface area contributed by atoms with Crippen LogP contribution >= 0.6 is 11.6 Å². The topological polar surface area (TPSA) is 15.3 Å². The highest BCUT2D eigenvalue weighted by Crippen LogP contribution is 2.26. The van der Waals surface area contributed by atoms with Crippen LogP contribution in [-0.4, -0.2) is 32.1 Å². The van der Waals surface area contributed by atoms with E-state index in [1.165, 1.54) is 11.1 Å². The lowest BCUT2D eigenvalue weighted by atomic mass is 10.1. The number of hydrogen-bond acceptors (Lipinski definition) is 2. The van der Waals surface area contributed by atoms with Crippen molar-refractivity contribution in [2.75, 3.05) is 32.5 Å². The minimum absolute atomic E-state index is 0.811. The summed E-state index contributed by atoms with van der Waals surface area (Å²) in [6.45, 7) is 6.06. The zero-order chi connectivity index (χ0) is 11.4. The van der Waals surface area contributed by atoms with E-state index in [1.807, 2.05) is 6.07 Å². The van der Waals surface area contributed by atoms with Crippen molar-refractivity contribution in [2.45, 2.75) is 13.8 Å². The Labute approximate surface area is 97.2 Å². The Balaban J connectivity index is 2.68. The van der Waals surface area contributed by atoms with Crippen molar-refractivity contribution < 1.29 is 0 Å². The molecule has 0 bridgehead atoms. The van der Waals surface area contributed by atoms with Gasteiger partial charge in [0.2, 0.25) is 0 Å². The minimum atomic E-state index is 0.811. The largest absolute Gasteiger partial charge is 0.382 e. The second-order valence-corrected chi connectivity index (χ2v) is 4.58. The smallest absolute Gasteiger partial charge is 0.0642 e. The summed E-state index contributed by atoms with van der Waals surface area (Å²) in [6, 6.07) is 4.14. The maximum absolute atomic E-state index is 6.17. The first-order valence-electron chi connectivity index (χ1n) is 5.16. The highest BCUT2D eigenvalue weighted by atomic mass is 35.5. The van der Waals surface area contributed by atoms with Crippen LogP contribution in [0.4, 0.5) is 5.69 Å². The summed E-state index contributed by atoms with van der Waals surface area (Å²) >= 11 is 6.17. The van der Waals surface area contributed by atoms with Crippen molar-refractivity contribution in [3.63, 3.8) is 0 Å². The normalized spacial score (nSPS) is 10.8. The Morgan fingerprint density at radius 1 is 1.27 bits per heavy atom. The van der Waals surface area contributed by atoms with Crippen molar-refractivity contribution in [1.82, 2.24) is 4.90 Å². The third kappa shape index (κ3) is 3.73. The molecule has 2 nitrogen and oxygen atoms in total. The summed E-state index contributed by atoms with van der Waals surface area (Å²) in [5.74, 6) is 0. The van der Waals surface area contributed by atoms with Gasteiger partial charge in [-0.1, -0.05) is 17.7 Å². The summed E-state index contributed by atoms with van der Waals surface area (Å²) in [5, 5.41) is 4.18. The van der Waals surface area contributed by atoms with Crippen LogP contribution in [0.1, 0.15) is 11.1 Å². The molecule has 0 aromatic heterocycles. The number of likely N-dealkylation sites (N-methyl/N-ethyl adjacent to an activating group) is 1. The molecule has 1 aromatic rings. The van der Waals surface area contributed by atoms with E-state index in [1.54, 1.807) is 0 Å². The number of rotatable bonds is 4. The van der Waals surface area contributed by atoms with Gasteiger partial charge in [-0.3, -0.25) is 0 Å². The second kappa shape index (κ2) is 5.38. The number of nitrogens with one attached hydrogen (secondary N) is 1. The minimum Gasteiger partial charge on any atom is -0.382 e. The van der Waals surface area contributed by atoms with Gasteiger partial charge in [0.1, 0.15) is 0 Å². The Hall–Kier alpha value is -0.730. The first kappa shape index (κ1) is 12.3. The maximum Gasteiger partial charge on any atom is 0.0642 e. The van der Waals surface area contributed by atoms with Crippen molar-refractivity contribution >= 4 is 17.3 Å². The molecule has 84 valence electrons. The number of halogens is 1. The van der Waals surface area contributed by atoms with Gasteiger partial charge in [0.15, 0.2) is 0 Å². The third-order valence-corrected chi connectivity index (χ3v) is 2.59. The highest BCUT2D eigenvalue weighted by Gasteiger charge is 2.04. The van der Waals surface area contributed by atoms with Gasteiger partial charge in [0.25, 0.3) is 0 Å². The average Bonchev–Trinajstić information content (AvgIpc) is 2.08. The average molecular weight is 227 g/mol. The number of nitrogens with zero attached hydrogens (tertiary/aromatic N) is 1. The Bertz CT molecular complexity index is 311. The molecule has 1 rings (SSSR count). The van der Waals surface area contributed by atoms with Gasteiger partial charge in [-0.2, -0.15) is 0 Å². The predicted molar refractivity (Wildman–Crippen MR) is 68.0 cm³/mol. The molecular weight excluding hydrogens is 208 g/mol. The predicted octanol–water partition coefficient (Wildman–Crippen LogP) is 2.93. The molecule has 3 heteroatoms. The quantitative estimate of drug-likeness (QED) is 0.850. The molecule has 0 heterocycles. The highest BCUT2D eigenvalue weighted by molar-refractivity contribution is 6.33. The molecule has 0 unspecified atom stereocenters. The maximum atomic E-state index is 6.17. The molecule has 1 aromatic carbocycles. The lowest BCUT2D eigenvalue weighted by molar-refractivity contribution is 0.425. The van der Waals surface area contributed by atoms with Crippen LogP contribution < -0.4 is 5.32 Å². The van der Waals surface area contributed by atoms with E-state index < -0.39 is 0 Å². The first-order valence-corrected chi connectivity index (χ1v) is 5.54. The van der Waals surface area contributed by atoms with E-state index in [0.29, 0.717) is 0 Å². The molecule has 0 saturated heterocycles. The summed E-state index contributed by atoms with van der Waals surface area (Å²) < 4.78 is 0. The molecule has 0 aliphatic carbocycles. The molecule has 0 fully saturated rings. The molecule has 1 N–H and O–H groups in total. The fourth-order valence-corrected chi connectivity index (χ4v) is 1.93. The fraction of sp³-hybridized carbons (Fsp3) is 0.500. The van der Waals surface area contributed by atoms with Gasteiger partial charge in [-0.25, -0.2) is 0 Å². The van der Waals surface area contributed by atoms with Gasteiger partial charge in [0.05, 0.1) is 10.7 Å². The SMILES string of the molecule is Cc1cc(C)c(NCCN(C)C)c(Cl)c1. The Kier molecular flexibility index (Phi) is 4.43. The van der Waals surface area contributed by atoms with Crippen molar-refractivity contribution in [1.29, 1.82) is 0 Å². The molecule has 0 saturated carbocycles. The summed E-state index contributed by atoms with van der Waals surface area (Å²) in [5.41, 5.74) is 3.47. The number of benzene rings is 1. The van der Waals surface area contributed by atoms with Crippen LogP contribution in [0.3, 0.4) is 0 Å². The standard InChI is InChI=1S/C12H19ClN2/c1-9-7-10(2)12(11(13)8-9)14-5-6-15(3)4/h7-8,14H,5-6H2,1-4H3. The zero-order valence-electron chi connectivity index (χ0n) is 9.89.